The van der Waals surface area contributed by atoms with Gasteiger partial charge in [0.25, 0.3) is 0 Å². The van der Waals surface area contributed by atoms with E-state index in [0.717, 1.165) is 32.4 Å². The van der Waals surface area contributed by atoms with Crippen molar-refractivity contribution in [2.24, 2.45) is 0 Å². The van der Waals surface area contributed by atoms with Gasteiger partial charge in [-0.15, -0.1) is 0 Å². The first-order chi connectivity index (χ1) is 14.3. The summed E-state index contributed by atoms with van der Waals surface area (Å²) in [7, 11) is -2.11. The number of nitrogens with zero attached hydrogens (tertiary/aromatic N) is 2. The van der Waals surface area contributed by atoms with Crippen LogP contribution < -0.4 is 9.46 Å². The minimum absolute atomic E-state index is 0.166. The number of hydrogen-bond donors (Lipinski definition) is 1. The van der Waals surface area contributed by atoms with E-state index in [-0.39, 0.29) is 17.3 Å². The molecule has 0 radical (unpaired) electrons. The fourth-order valence-electron chi connectivity index (χ4n) is 3.18. The predicted octanol–water partition coefficient (Wildman–Crippen LogP) is 4.31. The smallest absolute Gasteiger partial charge is 0.240 e. The van der Waals surface area contributed by atoms with Crippen LogP contribution in [0.5, 0.6) is 5.75 Å². The number of thiazole rings is 1. The zero-order valence-electron chi connectivity index (χ0n) is 16.6. The van der Waals surface area contributed by atoms with Gasteiger partial charge in [-0.25, -0.2) is 22.5 Å². The van der Waals surface area contributed by atoms with Crippen LogP contribution in [0.15, 0.2) is 53.6 Å². The molecule has 2 aromatic carbocycles. The van der Waals surface area contributed by atoms with E-state index in [0.29, 0.717) is 5.75 Å². The number of hydrogen-bond acceptors (Lipinski definition) is 5. The molecule has 0 bridgehead atoms. The second-order valence-electron chi connectivity index (χ2n) is 6.85. The number of benzene rings is 2. The Balaban J connectivity index is 1.55. The van der Waals surface area contributed by atoms with Crippen molar-refractivity contribution in [2.45, 2.75) is 25.3 Å². The second-order valence-corrected chi connectivity index (χ2v) is 9.68. The maximum atomic E-state index is 13.1. The van der Waals surface area contributed by atoms with Crippen LogP contribution in [0.1, 0.15) is 16.1 Å². The Hall–Kier alpha value is -2.75. The van der Waals surface area contributed by atoms with Crippen molar-refractivity contribution >= 4 is 26.3 Å². The van der Waals surface area contributed by atoms with Crippen LogP contribution in [0.4, 0.5) is 4.39 Å². The molecule has 0 fully saturated rings. The van der Waals surface area contributed by atoms with Gasteiger partial charge >= 0.3 is 0 Å². The summed E-state index contributed by atoms with van der Waals surface area (Å²) in [5, 5.41) is 0. The van der Waals surface area contributed by atoms with Crippen molar-refractivity contribution in [1.29, 1.82) is 0 Å². The van der Waals surface area contributed by atoms with E-state index in [1.807, 2.05) is 17.5 Å². The number of imidazole rings is 1. The molecule has 0 unspecified atom stereocenters. The topological polar surface area (TPSA) is 72.7 Å². The summed E-state index contributed by atoms with van der Waals surface area (Å²) in [6.07, 6.45) is 1.87. The Bertz CT molecular complexity index is 1330. The quantitative estimate of drug-likeness (QED) is 0.480. The molecule has 0 amide bonds. The number of aromatic nitrogens is 2. The highest BCUT2D eigenvalue weighted by atomic mass is 32.2. The molecule has 4 aromatic rings. The third-order valence-corrected chi connectivity index (χ3v) is 7.45. The van der Waals surface area contributed by atoms with Crippen LogP contribution in [0.25, 0.3) is 16.2 Å². The first-order valence-electron chi connectivity index (χ1n) is 9.16. The number of halogens is 1. The molecule has 0 aliphatic heterocycles. The highest BCUT2D eigenvalue weighted by molar-refractivity contribution is 7.89. The van der Waals surface area contributed by atoms with Gasteiger partial charge in [-0.1, -0.05) is 11.3 Å². The van der Waals surface area contributed by atoms with Crippen molar-refractivity contribution in [3.63, 3.8) is 0 Å². The summed E-state index contributed by atoms with van der Waals surface area (Å²) in [6.45, 7) is 3.88. The number of methoxy groups -OCH3 is 1. The highest BCUT2D eigenvalue weighted by Gasteiger charge is 2.18. The van der Waals surface area contributed by atoms with Crippen molar-refractivity contribution in [3.8, 4) is 17.0 Å². The van der Waals surface area contributed by atoms with Gasteiger partial charge in [0.1, 0.15) is 11.6 Å². The summed E-state index contributed by atoms with van der Waals surface area (Å²) in [6, 6.07) is 10.9. The molecule has 156 valence electrons. The molecule has 2 aromatic heterocycles. The number of ether oxygens (including phenoxy) is 1. The Morgan fingerprint density at radius 2 is 1.90 bits per heavy atom. The number of aryl methyl sites for hydroxylation is 2. The monoisotopic (exact) mass is 445 g/mol. The SMILES string of the molecule is COc1ccc(S(=O)(=O)NCc2sc3nc(-c4ccc(F)cc4)cn3c2C)cc1C. The highest BCUT2D eigenvalue weighted by Crippen LogP contribution is 2.28. The molecule has 0 atom stereocenters. The van der Waals surface area contributed by atoms with Gasteiger partial charge in [-0.05, 0) is 61.9 Å². The summed E-state index contributed by atoms with van der Waals surface area (Å²) in [5.41, 5.74) is 3.22. The molecular formula is C21H20FN3O3S2. The lowest BCUT2D eigenvalue weighted by Gasteiger charge is -2.09. The second kappa shape index (κ2) is 7.82. The van der Waals surface area contributed by atoms with E-state index in [1.54, 1.807) is 38.3 Å². The molecule has 9 heteroatoms. The summed E-state index contributed by atoms with van der Waals surface area (Å²) < 4.78 is 48.3. The van der Waals surface area contributed by atoms with Gasteiger partial charge in [-0.2, -0.15) is 0 Å². The maximum absolute atomic E-state index is 13.1. The minimum Gasteiger partial charge on any atom is -0.496 e. The Morgan fingerprint density at radius 1 is 1.17 bits per heavy atom. The molecule has 6 nitrogen and oxygen atoms in total. The van der Waals surface area contributed by atoms with Gasteiger partial charge in [0.2, 0.25) is 10.0 Å². The third kappa shape index (κ3) is 3.83. The van der Waals surface area contributed by atoms with Gasteiger partial charge in [0.05, 0.1) is 17.7 Å². The van der Waals surface area contributed by atoms with Crippen LogP contribution in [-0.4, -0.2) is 24.9 Å². The zero-order valence-corrected chi connectivity index (χ0v) is 18.3. The molecule has 30 heavy (non-hydrogen) atoms. The lowest BCUT2D eigenvalue weighted by atomic mass is 10.2. The van der Waals surface area contributed by atoms with E-state index in [4.69, 9.17) is 4.74 Å². The molecule has 0 aliphatic rings. The lowest BCUT2D eigenvalue weighted by molar-refractivity contribution is 0.411. The number of sulfonamides is 1. The molecular weight excluding hydrogens is 425 g/mol. The average Bonchev–Trinajstić information content (AvgIpc) is 3.26. The van der Waals surface area contributed by atoms with Crippen molar-refractivity contribution in [2.75, 3.05) is 7.11 Å². The van der Waals surface area contributed by atoms with Crippen LogP contribution in [0, 0.1) is 19.7 Å². The van der Waals surface area contributed by atoms with Crippen LogP contribution in [0.2, 0.25) is 0 Å². The predicted molar refractivity (Wildman–Crippen MR) is 115 cm³/mol. The number of fused-ring (bicyclic) bond motifs is 1. The fourth-order valence-corrected chi connectivity index (χ4v) is 5.39. The minimum atomic E-state index is -3.66. The number of rotatable bonds is 6. The number of nitrogens with one attached hydrogen (secondary N) is 1. The molecule has 0 aliphatic carbocycles. The molecule has 0 saturated carbocycles. The van der Waals surface area contributed by atoms with E-state index in [9.17, 15) is 12.8 Å². The van der Waals surface area contributed by atoms with E-state index >= 15 is 0 Å². The van der Waals surface area contributed by atoms with Crippen LogP contribution in [0.3, 0.4) is 0 Å². The van der Waals surface area contributed by atoms with Crippen LogP contribution >= 0.6 is 11.3 Å². The third-order valence-electron chi connectivity index (χ3n) is 4.89. The standard InChI is InChI=1S/C21H20FN3O3S2/c1-13-10-17(8-9-19(13)28-3)30(26,27)23-11-20-14(2)25-12-18(24-21(25)29-20)15-4-6-16(22)7-5-15/h4-10,12,23H,11H2,1-3H3. The molecule has 0 saturated heterocycles. The molecule has 0 spiro atoms. The maximum Gasteiger partial charge on any atom is 0.240 e. The normalized spacial score (nSPS) is 11.9. The van der Waals surface area contributed by atoms with Gasteiger partial charge in [-0.3, -0.25) is 4.40 Å². The fraction of sp³-hybridized carbons (Fsp3) is 0.190. The summed E-state index contributed by atoms with van der Waals surface area (Å²) in [4.78, 5) is 6.41. The van der Waals surface area contributed by atoms with Gasteiger partial charge in [0.15, 0.2) is 4.96 Å². The Labute approximate surface area is 178 Å². The average molecular weight is 446 g/mol. The molecule has 2 heterocycles. The van der Waals surface area contributed by atoms with Gasteiger partial charge < -0.3 is 4.74 Å². The Morgan fingerprint density at radius 3 is 2.53 bits per heavy atom. The summed E-state index contributed by atoms with van der Waals surface area (Å²) in [5.74, 6) is 0.346. The van der Waals surface area contributed by atoms with Crippen molar-refractivity contribution in [1.82, 2.24) is 14.1 Å². The largest absolute Gasteiger partial charge is 0.496 e. The lowest BCUT2D eigenvalue weighted by Crippen LogP contribution is -2.23. The molecule has 4 rings (SSSR count). The van der Waals surface area contributed by atoms with E-state index in [1.165, 1.54) is 29.5 Å². The van der Waals surface area contributed by atoms with Crippen molar-refractivity contribution < 1.29 is 17.5 Å². The van der Waals surface area contributed by atoms with E-state index < -0.39 is 10.0 Å². The van der Waals surface area contributed by atoms with Crippen LogP contribution in [-0.2, 0) is 16.6 Å². The summed E-state index contributed by atoms with van der Waals surface area (Å²) >= 11 is 1.42. The molecule has 1 N–H and O–H groups in total. The van der Waals surface area contributed by atoms with Gasteiger partial charge in [0, 0.05) is 28.9 Å². The first kappa shape index (κ1) is 20.5. The first-order valence-corrected chi connectivity index (χ1v) is 11.5. The Kier molecular flexibility index (Phi) is 5.35. The van der Waals surface area contributed by atoms with Crippen molar-refractivity contribution in [3.05, 3.63) is 70.6 Å². The van der Waals surface area contributed by atoms with E-state index in [2.05, 4.69) is 9.71 Å². The zero-order chi connectivity index (χ0) is 21.5.